The maximum absolute atomic E-state index is 14.2. The summed E-state index contributed by atoms with van der Waals surface area (Å²) in [6.45, 7) is 7.16. The molecular weight excluding hydrogens is 624 g/mol. The standard InChI is InChI=1S/C39H44N2O8/c1-27-35(45-5)31(22-33(36(27)46-6)47-25-29-18-12-8-13-19-29)34(32(24-42)40-37(43)49-39(2,3)4)41(23-28-16-10-7-11-17-28)38(44)48-26-30-20-14-9-15-21-30/h7-22,24,32,34H,23,25-26H2,1-6H3,(H,40,43)/t32-,34-/m1/s1. The van der Waals surface area contributed by atoms with Crippen LogP contribution in [-0.4, -0.2) is 49.2 Å². The summed E-state index contributed by atoms with van der Waals surface area (Å²) in [7, 11) is 3.01. The van der Waals surface area contributed by atoms with Crippen LogP contribution >= 0.6 is 0 Å². The smallest absolute Gasteiger partial charge is 0.411 e. The Bertz CT molecular complexity index is 1670. The van der Waals surface area contributed by atoms with Gasteiger partial charge in [0.25, 0.3) is 0 Å². The SMILES string of the molecule is COc1c(OCc2ccccc2)cc([C@H]([C@@H](C=O)NC(=O)OC(C)(C)C)N(Cc2ccccc2)C(=O)OCc2ccccc2)c(OC)c1C. The fourth-order valence-electron chi connectivity index (χ4n) is 5.41. The van der Waals surface area contributed by atoms with Crippen molar-refractivity contribution in [3.8, 4) is 17.2 Å². The lowest BCUT2D eigenvalue weighted by atomic mass is 9.94. The Labute approximate surface area is 287 Å². The van der Waals surface area contributed by atoms with E-state index in [1.54, 1.807) is 33.8 Å². The lowest BCUT2D eigenvalue weighted by molar-refractivity contribution is -0.111. The number of methoxy groups -OCH3 is 2. The molecule has 49 heavy (non-hydrogen) atoms. The highest BCUT2D eigenvalue weighted by molar-refractivity contribution is 5.77. The van der Waals surface area contributed by atoms with Crippen molar-refractivity contribution in [3.63, 3.8) is 0 Å². The van der Waals surface area contributed by atoms with E-state index in [-0.39, 0.29) is 19.8 Å². The topological polar surface area (TPSA) is 113 Å². The van der Waals surface area contributed by atoms with Crippen molar-refractivity contribution in [2.75, 3.05) is 14.2 Å². The third kappa shape index (κ3) is 9.99. The van der Waals surface area contributed by atoms with Gasteiger partial charge in [-0.05, 0) is 50.5 Å². The molecule has 0 aliphatic carbocycles. The summed E-state index contributed by atoms with van der Waals surface area (Å²) in [5, 5.41) is 2.69. The van der Waals surface area contributed by atoms with Gasteiger partial charge in [-0.15, -0.1) is 0 Å². The fraction of sp³-hybridized carbons (Fsp3) is 0.308. The number of benzene rings is 4. The highest BCUT2D eigenvalue weighted by Gasteiger charge is 2.39. The van der Waals surface area contributed by atoms with Crippen molar-refractivity contribution in [2.24, 2.45) is 0 Å². The van der Waals surface area contributed by atoms with Crippen LogP contribution in [0, 0.1) is 6.92 Å². The number of nitrogens with zero attached hydrogens (tertiary/aromatic N) is 1. The summed E-state index contributed by atoms with van der Waals surface area (Å²) >= 11 is 0. The molecule has 0 spiro atoms. The van der Waals surface area contributed by atoms with Crippen LogP contribution in [0.5, 0.6) is 17.2 Å². The lowest BCUT2D eigenvalue weighted by Gasteiger charge is -2.36. The number of hydrogen-bond donors (Lipinski definition) is 1. The molecule has 2 atom stereocenters. The zero-order valence-corrected chi connectivity index (χ0v) is 28.8. The van der Waals surface area contributed by atoms with Gasteiger partial charge in [0.05, 0.1) is 20.3 Å². The normalized spacial score (nSPS) is 12.2. The number of alkyl carbamates (subject to hydrolysis) is 1. The van der Waals surface area contributed by atoms with Crippen molar-refractivity contribution in [1.82, 2.24) is 10.2 Å². The molecule has 0 fully saturated rings. The van der Waals surface area contributed by atoms with Gasteiger partial charge in [0, 0.05) is 17.7 Å². The quantitative estimate of drug-likeness (QED) is 0.137. The average molecular weight is 669 g/mol. The minimum absolute atomic E-state index is 0.0207. The van der Waals surface area contributed by atoms with E-state index < -0.39 is 29.9 Å². The second-order valence-electron chi connectivity index (χ2n) is 12.3. The van der Waals surface area contributed by atoms with Crippen LogP contribution in [0.4, 0.5) is 9.59 Å². The van der Waals surface area contributed by atoms with E-state index in [1.807, 2.05) is 91.0 Å². The van der Waals surface area contributed by atoms with E-state index in [0.29, 0.717) is 34.7 Å². The number of carbonyl (C=O) groups is 3. The summed E-state index contributed by atoms with van der Waals surface area (Å²) in [5.74, 6) is 1.10. The summed E-state index contributed by atoms with van der Waals surface area (Å²) in [6.07, 6.45) is -0.991. The Hall–Kier alpha value is -5.51. The van der Waals surface area contributed by atoms with Gasteiger partial charge < -0.3 is 33.8 Å². The van der Waals surface area contributed by atoms with Crippen molar-refractivity contribution in [3.05, 3.63) is 125 Å². The molecule has 0 heterocycles. The van der Waals surface area contributed by atoms with Crippen LogP contribution in [0.1, 0.15) is 54.6 Å². The van der Waals surface area contributed by atoms with Crippen LogP contribution in [0.3, 0.4) is 0 Å². The van der Waals surface area contributed by atoms with Gasteiger partial charge in [-0.25, -0.2) is 9.59 Å². The molecule has 0 unspecified atom stereocenters. The Morgan fingerprint density at radius 1 is 0.796 bits per heavy atom. The highest BCUT2D eigenvalue weighted by atomic mass is 16.6. The predicted molar refractivity (Wildman–Crippen MR) is 186 cm³/mol. The molecule has 1 N–H and O–H groups in total. The van der Waals surface area contributed by atoms with Crippen molar-refractivity contribution >= 4 is 18.5 Å². The molecule has 4 rings (SSSR count). The van der Waals surface area contributed by atoms with Crippen LogP contribution < -0.4 is 19.5 Å². The highest BCUT2D eigenvalue weighted by Crippen LogP contribution is 2.45. The van der Waals surface area contributed by atoms with Gasteiger partial charge in [0.15, 0.2) is 11.5 Å². The monoisotopic (exact) mass is 668 g/mol. The minimum atomic E-state index is -1.31. The zero-order chi connectivity index (χ0) is 35.4. The summed E-state index contributed by atoms with van der Waals surface area (Å²) < 4.78 is 29.4. The summed E-state index contributed by atoms with van der Waals surface area (Å²) in [4.78, 5) is 41.8. The molecule has 4 aromatic rings. The Kier molecular flexibility index (Phi) is 12.6. The number of rotatable bonds is 14. The number of nitrogens with one attached hydrogen (secondary N) is 1. The van der Waals surface area contributed by atoms with Gasteiger partial charge in [-0.1, -0.05) is 91.0 Å². The number of carbonyl (C=O) groups excluding carboxylic acids is 3. The van der Waals surface area contributed by atoms with E-state index >= 15 is 0 Å². The van der Waals surface area contributed by atoms with E-state index in [9.17, 15) is 14.4 Å². The Morgan fingerprint density at radius 3 is 1.84 bits per heavy atom. The van der Waals surface area contributed by atoms with Crippen molar-refractivity contribution in [1.29, 1.82) is 0 Å². The molecule has 0 bridgehead atoms. The first kappa shape index (κ1) is 36.3. The van der Waals surface area contributed by atoms with Crippen molar-refractivity contribution < 1.29 is 38.1 Å². The molecule has 0 radical (unpaired) electrons. The second-order valence-corrected chi connectivity index (χ2v) is 12.3. The molecule has 0 aliphatic heterocycles. The largest absolute Gasteiger partial charge is 0.496 e. The fourth-order valence-corrected chi connectivity index (χ4v) is 5.41. The molecule has 0 saturated heterocycles. The van der Waals surface area contributed by atoms with E-state index in [4.69, 9.17) is 23.7 Å². The first-order valence-electron chi connectivity index (χ1n) is 15.9. The first-order chi connectivity index (χ1) is 23.5. The van der Waals surface area contributed by atoms with Crippen LogP contribution in [-0.2, 0) is 34.0 Å². The Balaban J connectivity index is 1.89. The summed E-state index contributed by atoms with van der Waals surface area (Å²) in [5.41, 5.74) is 2.55. The average Bonchev–Trinajstić information content (AvgIpc) is 3.09. The van der Waals surface area contributed by atoms with Gasteiger partial charge in [-0.2, -0.15) is 0 Å². The summed E-state index contributed by atoms with van der Waals surface area (Å²) in [6, 6.07) is 27.3. The molecular formula is C39H44N2O8. The number of ether oxygens (including phenoxy) is 5. The van der Waals surface area contributed by atoms with E-state index in [2.05, 4.69) is 5.32 Å². The number of hydrogen-bond acceptors (Lipinski definition) is 8. The van der Waals surface area contributed by atoms with Gasteiger partial charge in [0.2, 0.25) is 0 Å². The molecule has 10 nitrogen and oxygen atoms in total. The van der Waals surface area contributed by atoms with E-state index in [1.165, 1.54) is 19.1 Å². The third-order valence-electron chi connectivity index (χ3n) is 7.56. The molecule has 0 aliphatic rings. The van der Waals surface area contributed by atoms with Gasteiger partial charge in [0.1, 0.15) is 36.9 Å². The molecule has 2 amide bonds. The molecule has 10 heteroatoms. The molecule has 0 aromatic heterocycles. The number of aldehydes is 1. The zero-order valence-electron chi connectivity index (χ0n) is 28.8. The van der Waals surface area contributed by atoms with Gasteiger partial charge >= 0.3 is 12.2 Å². The second kappa shape index (κ2) is 17.1. The lowest BCUT2D eigenvalue weighted by Crippen LogP contribution is -2.50. The number of amides is 2. The van der Waals surface area contributed by atoms with Crippen LogP contribution in [0.25, 0.3) is 0 Å². The third-order valence-corrected chi connectivity index (χ3v) is 7.56. The van der Waals surface area contributed by atoms with E-state index in [0.717, 1.165) is 16.7 Å². The predicted octanol–water partition coefficient (Wildman–Crippen LogP) is 7.56. The molecule has 4 aromatic carbocycles. The van der Waals surface area contributed by atoms with Crippen LogP contribution in [0.15, 0.2) is 97.1 Å². The van der Waals surface area contributed by atoms with Crippen molar-refractivity contribution in [2.45, 2.75) is 65.1 Å². The maximum Gasteiger partial charge on any atom is 0.411 e. The minimum Gasteiger partial charge on any atom is -0.496 e. The molecule has 258 valence electrons. The van der Waals surface area contributed by atoms with Gasteiger partial charge in [-0.3, -0.25) is 4.90 Å². The molecule has 0 saturated carbocycles. The first-order valence-corrected chi connectivity index (χ1v) is 15.9. The maximum atomic E-state index is 14.2. The Morgan fingerprint density at radius 2 is 1.33 bits per heavy atom. The van der Waals surface area contributed by atoms with Crippen LogP contribution in [0.2, 0.25) is 0 Å².